The van der Waals surface area contributed by atoms with E-state index in [1.165, 1.54) is 12.7 Å². The lowest BCUT2D eigenvalue weighted by Crippen LogP contribution is -2.46. The monoisotopic (exact) mass is 356 g/mol. The van der Waals surface area contributed by atoms with Gasteiger partial charge in [-0.1, -0.05) is 6.07 Å². The molecule has 0 bridgehead atoms. The number of hydrogen-bond donors (Lipinski definition) is 1. The van der Waals surface area contributed by atoms with Crippen LogP contribution in [-0.4, -0.2) is 47.2 Å². The van der Waals surface area contributed by atoms with Crippen LogP contribution in [0.4, 0.5) is 10.5 Å². The minimum Gasteiger partial charge on any atom is -0.477 e. The summed E-state index contributed by atoms with van der Waals surface area (Å²) in [6.07, 6.45) is 4.70. The van der Waals surface area contributed by atoms with Crippen LogP contribution in [0.3, 0.4) is 0 Å². The molecule has 0 radical (unpaired) electrons. The smallest absolute Gasteiger partial charge is 0.321 e. The quantitative estimate of drug-likeness (QED) is 0.910. The summed E-state index contributed by atoms with van der Waals surface area (Å²) >= 11 is 0. The zero-order chi connectivity index (χ0) is 18.5. The van der Waals surface area contributed by atoms with Gasteiger partial charge in [0.2, 0.25) is 0 Å². The van der Waals surface area contributed by atoms with Crippen LogP contribution in [0.25, 0.3) is 0 Å². The molecule has 1 aliphatic heterocycles. The van der Waals surface area contributed by atoms with Crippen molar-refractivity contribution in [3.8, 4) is 11.8 Å². The van der Waals surface area contributed by atoms with Gasteiger partial charge in [-0.05, 0) is 49.9 Å². The van der Waals surface area contributed by atoms with Gasteiger partial charge in [-0.15, -0.1) is 0 Å². The molecule has 1 fully saturated rings. The average molecular weight is 356 g/mol. The minimum atomic E-state index is -0.139. The third-order valence-electron chi connectivity index (χ3n) is 4.53. The van der Waals surface area contributed by atoms with Gasteiger partial charge < -0.3 is 19.7 Å². The normalized spacial score (nSPS) is 16.9. The second-order valence-electron chi connectivity index (χ2n) is 6.43. The zero-order valence-corrected chi connectivity index (χ0v) is 15.4. The molecular formula is C19H24N4O3. The van der Waals surface area contributed by atoms with Crippen LogP contribution >= 0.6 is 0 Å². The van der Waals surface area contributed by atoms with E-state index >= 15 is 0 Å². The Balaban J connectivity index is 1.62. The van der Waals surface area contributed by atoms with Gasteiger partial charge in [-0.3, -0.25) is 0 Å². The number of benzene rings is 1. The van der Waals surface area contributed by atoms with E-state index in [-0.39, 0.29) is 12.1 Å². The molecule has 1 aliphatic rings. The van der Waals surface area contributed by atoms with Gasteiger partial charge in [-0.25, -0.2) is 14.8 Å². The molecule has 26 heavy (non-hydrogen) atoms. The highest BCUT2D eigenvalue weighted by atomic mass is 16.5. The molecule has 2 aromatic rings. The van der Waals surface area contributed by atoms with E-state index in [4.69, 9.17) is 9.47 Å². The van der Waals surface area contributed by atoms with E-state index in [9.17, 15) is 4.79 Å². The van der Waals surface area contributed by atoms with Crippen LogP contribution in [0, 0.1) is 13.8 Å². The van der Waals surface area contributed by atoms with Crippen molar-refractivity contribution in [3.63, 3.8) is 0 Å². The number of carbonyl (C=O) groups is 1. The van der Waals surface area contributed by atoms with Crippen molar-refractivity contribution in [1.29, 1.82) is 0 Å². The van der Waals surface area contributed by atoms with Crippen LogP contribution in [-0.2, 0) is 0 Å². The van der Waals surface area contributed by atoms with Gasteiger partial charge in [0, 0.05) is 24.6 Å². The molecule has 7 nitrogen and oxygen atoms in total. The van der Waals surface area contributed by atoms with Crippen LogP contribution in [0.2, 0.25) is 0 Å². The first-order valence-corrected chi connectivity index (χ1v) is 8.71. The number of urea groups is 1. The Kier molecular flexibility index (Phi) is 5.55. The molecule has 138 valence electrons. The summed E-state index contributed by atoms with van der Waals surface area (Å²) in [6.45, 7) is 5.28. The fourth-order valence-electron chi connectivity index (χ4n) is 2.93. The highest BCUT2D eigenvalue weighted by Gasteiger charge is 2.26. The maximum absolute atomic E-state index is 12.6. The number of rotatable bonds is 4. The molecule has 1 atom stereocenters. The van der Waals surface area contributed by atoms with Crippen molar-refractivity contribution in [3.05, 3.63) is 41.7 Å². The summed E-state index contributed by atoms with van der Waals surface area (Å²) in [5.74, 6) is 0.709. The number of hydrogen-bond acceptors (Lipinski definition) is 5. The molecule has 1 aromatic heterocycles. The van der Waals surface area contributed by atoms with Gasteiger partial charge in [0.15, 0.2) is 0 Å². The number of carbonyl (C=O) groups excluding carboxylic acids is 1. The van der Waals surface area contributed by atoms with E-state index in [2.05, 4.69) is 15.3 Å². The first-order chi connectivity index (χ1) is 12.6. The van der Waals surface area contributed by atoms with Crippen LogP contribution in [0.1, 0.15) is 24.0 Å². The number of ether oxygens (including phenoxy) is 2. The lowest BCUT2D eigenvalue weighted by molar-refractivity contribution is 0.0988. The third kappa shape index (κ3) is 4.22. The van der Waals surface area contributed by atoms with E-state index in [0.29, 0.717) is 24.8 Å². The molecular weight excluding hydrogens is 332 g/mol. The minimum absolute atomic E-state index is 0.118. The van der Waals surface area contributed by atoms with Crippen LogP contribution in [0.5, 0.6) is 11.8 Å². The van der Waals surface area contributed by atoms with Crippen molar-refractivity contribution < 1.29 is 14.3 Å². The van der Waals surface area contributed by atoms with Gasteiger partial charge >= 0.3 is 6.03 Å². The molecule has 0 saturated carbocycles. The van der Waals surface area contributed by atoms with Crippen molar-refractivity contribution in [1.82, 2.24) is 14.9 Å². The first kappa shape index (κ1) is 18.0. The van der Waals surface area contributed by atoms with Crippen molar-refractivity contribution >= 4 is 11.7 Å². The summed E-state index contributed by atoms with van der Waals surface area (Å²) in [7, 11) is 1.53. The van der Waals surface area contributed by atoms with Crippen molar-refractivity contribution in [2.75, 3.05) is 25.5 Å². The Labute approximate surface area is 153 Å². The number of aryl methyl sites for hydroxylation is 2. The molecule has 0 aliphatic carbocycles. The fraction of sp³-hybridized carbons (Fsp3) is 0.421. The Bertz CT molecular complexity index is 781. The number of methoxy groups -OCH3 is 1. The maximum Gasteiger partial charge on any atom is 0.321 e. The van der Waals surface area contributed by atoms with Gasteiger partial charge in [0.25, 0.3) is 11.8 Å². The van der Waals surface area contributed by atoms with E-state index < -0.39 is 0 Å². The highest BCUT2D eigenvalue weighted by Crippen LogP contribution is 2.24. The number of piperidine rings is 1. The predicted octanol–water partition coefficient (Wildman–Crippen LogP) is 3.18. The van der Waals surface area contributed by atoms with Crippen LogP contribution in [0.15, 0.2) is 30.6 Å². The SMILES string of the molecule is COc1nccnc1OC1CCCN(C(=O)Nc2ccc(C)c(C)c2)C1. The summed E-state index contributed by atoms with van der Waals surface area (Å²) in [5, 5.41) is 2.97. The summed E-state index contributed by atoms with van der Waals surface area (Å²) in [4.78, 5) is 22.6. The molecule has 0 spiro atoms. The molecule has 2 amide bonds. The molecule has 1 N–H and O–H groups in total. The molecule has 7 heteroatoms. The summed E-state index contributed by atoms with van der Waals surface area (Å²) in [6, 6.07) is 5.79. The zero-order valence-electron chi connectivity index (χ0n) is 15.4. The molecule has 1 saturated heterocycles. The van der Waals surface area contributed by atoms with E-state index in [1.807, 2.05) is 32.0 Å². The second kappa shape index (κ2) is 8.03. The van der Waals surface area contributed by atoms with Gasteiger partial charge in [0.05, 0.1) is 13.7 Å². The molecule has 1 unspecified atom stereocenters. The van der Waals surface area contributed by atoms with Crippen molar-refractivity contribution in [2.24, 2.45) is 0 Å². The lowest BCUT2D eigenvalue weighted by Gasteiger charge is -2.32. The second-order valence-corrected chi connectivity index (χ2v) is 6.43. The topological polar surface area (TPSA) is 76.6 Å². The number of nitrogens with one attached hydrogen (secondary N) is 1. The average Bonchev–Trinajstić information content (AvgIpc) is 2.65. The maximum atomic E-state index is 12.6. The Morgan fingerprint density at radius 3 is 2.69 bits per heavy atom. The largest absolute Gasteiger partial charge is 0.477 e. The van der Waals surface area contributed by atoms with E-state index in [1.54, 1.807) is 17.3 Å². The highest BCUT2D eigenvalue weighted by molar-refractivity contribution is 5.89. The van der Waals surface area contributed by atoms with Crippen molar-refractivity contribution in [2.45, 2.75) is 32.8 Å². The Morgan fingerprint density at radius 1 is 1.19 bits per heavy atom. The standard InChI is InChI=1S/C19H24N4O3/c1-13-6-7-15(11-14(13)2)22-19(24)23-10-4-5-16(12-23)26-18-17(25-3)20-8-9-21-18/h6-9,11,16H,4-5,10,12H2,1-3H3,(H,22,24). The number of aromatic nitrogens is 2. The lowest BCUT2D eigenvalue weighted by atomic mass is 10.1. The molecule has 2 heterocycles. The number of nitrogens with zero attached hydrogens (tertiary/aromatic N) is 3. The van der Waals surface area contributed by atoms with Gasteiger partial charge in [-0.2, -0.15) is 0 Å². The number of amides is 2. The Hall–Kier alpha value is -2.83. The van der Waals surface area contributed by atoms with Gasteiger partial charge in [0.1, 0.15) is 6.10 Å². The third-order valence-corrected chi connectivity index (χ3v) is 4.53. The number of likely N-dealkylation sites (tertiary alicyclic amines) is 1. The number of anilines is 1. The molecule has 1 aromatic carbocycles. The summed E-state index contributed by atoms with van der Waals surface area (Å²) in [5.41, 5.74) is 3.15. The predicted molar refractivity (Wildman–Crippen MR) is 98.7 cm³/mol. The van der Waals surface area contributed by atoms with E-state index in [0.717, 1.165) is 24.1 Å². The fourth-order valence-corrected chi connectivity index (χ4v) is 2.93. The molecule has 3 rings (SSSR count). The van der Waals surface area contributed by atoms with Crippen LogP contribution < -0.4 is 14.8 Å². The summed E-state index contributed by atoms with van der Waals surface area (Å²) < 4.78 is 11.1. The Morgan fingerprint density at radius 2 is 1.96 bits per heavy atom. The first-order valence-electron chi connectivity index (χ1n) is 8.71.